The molecule has 0 saturated heterocycles. The summed E-state index contributed by atoms with van der Waals surface area (Å²) < 4.78 is 11.4. The third-order valence-corrected chi connectivity index (χ3v) is 8.62. The van der Waals surface area contributed by atoms with E-state index in [-0.39, 0.29) is 23.7 Å². The Balaban J connectivity index is 1.69. The molecule has 2 heterocycles. The Hall–Kier alpha value is -1.90. The van der Waals surface area contributed by atoms with E-state index in [9.17, 15) is 14.7 Å². The number of nitrogens with zero attached hydrogens (tertiary/aromatic N) is 1. The predicted molar refractivity (Wildman–Crippen MR) is 136 cm³/mol. The van der Waals surface area contributed by atoms with Crippen molar-refractivity contribution in [1.82, 2.24) is 4.90 Å². The van der Waals surface area contributed by atoms with Crippen LogP contribution in [0.2, 0.25) is 0 Å². The number of aliphatic hydroxyl groups is 1. The smallest absolute Gasteiger partial charge is 0.410 e. The normalized spacial score (nSPS) is 20.9. The lowest BCUT2D eigenvalue weighted by molar-refractivity contribution is -0.169. The SMILES string of the molecule is CN(C(=O)OC(C)(C)C)[C@H]1CC[C@H](OC(=O)C(O)(c2cccs2)c2ccc(C(C)(C)C)s2)CC1. The monoisotopic (exact) mass is 507 g/mol. The van der Waals surface area contributed by atoms with Gasteiger partial charge < -0.3 is 19.5 Å². The minimum absolute atomic E-state index is 0.0348. The van der Waals surface area contributed by atoms with Crippen LogP contribution in [-0.4, -0.2) is 46.9 Å². The molecule has 1 fully saturated rings. The number of esters is 1. The quantitative estimate of drug-likeness (QED) is 0.498. The van der Waals surface area contributed by atoms with Crippen LogP contribution in [0.3, 0.4) is 0 Å². The fourth-order valence-electron chi connectivity index (χ4n) is 4.01. The second-order valence-corrected chi connectivity index (χ2v) is 13.1. The van der Waals surface area contributed by atoms with Gasteiger partial charge in [-0.15, -0.1) is 22.7 Å². The lowest BCUT2D eigenvalue weighted by atomic mass is 9.91. The van der Waals surface area contributed by atoms with Crippen molar-refractivity contribution in [2.75, 3.05) is 7.05 Å². The first kappa shape index (κ1) is 26.7. The number of rotatable bonds is 5. The fourth-order valence-corrected chi connectivity index (χ4v) is 6.06. The van der Waals surface area contributed by atoms with E-state index < -0.39 is 17.2 Å². The van der Waals surface area contributed by atoms with Crippen LogP contribution in [-0.2, 0) is 25.3 Å². The maximum Gasteiger partial charge on any atom is 0.410 e. The van der Waals surface area contributed by atoms with E-state index in [1.807, 2.05) is 44.4 Å². The second-order valence-electron chi connectivity index (χ2n) is 11.0. The summed E-state index contributed by atoms with van der Waals surface area (Å²) in [6.45, 7) is 11.9. The van der Waals surface area contributed by atoms with Gasteiger partial charge in [0.2, 0.25) is 5.60 Å². The van der Waals surface area contributed by atoms with Gasteiger partial charge >= 0.3 is 12.1 Å². The van der Waals surface area contributed by atoms with Gasteiger partial charge in [0.1, 0.15) is 11.7 Å². The van der Waals surface area contributed by atoms with Crippen LogP contribution < -0.4 is 0 Å². The molecule has 3 rings (SSSR count). The van der Waals surface area contributed by atoms with Crippen molar-refractivity contribution < 1.29 is 24.2 Å². The van der Waals surface area contributed by atoms with Gasteiger partial charge in [0.15, 0.2) is 0 Å². The number of hydrogen-bond acceptors (Lipinski definition) is 7. The van der Waals surface area contributed by atoms with Gasteiger partial charge in [0.25, 0.3) is 0 Å². The van der Waals surface area contributed by atoms with Gasteiger partial charge in [-0.1, -0.05) is 26.8 Å². The molecule has 0 bridgehead atoms. The molecule has 2 aromatic heterocycles. The largest absolute Gasteiger partial charge is 0.460 e. The van der Waals surface area contributed by atoms with Crippen molar-refractivity contribution >= 4 is 34.7 Å². The highest BCUT2D eigenvalue weighted by molar-refractivity contribution is 7.13. The highest BCUT2D eigenvalue weighted by Crippen LogP contribution is 2.41. The van der Waals surface area contributed by atoms with Crippen molar-refractivity contribution in [2.45, 2.75) is 96.0 Å². The second kappa shape index (κ2) is 9.99. The van der Waals surface area contributed by atoms with E-state index in [0.717, 1.165) is 4.88 Å². The van der Waals surface area contributed by atoms with Gasteiger partial charge in [-0.05, 0) is 75.4 Å². The zero-order chi connectivity index (χ0) is 25.3. The van der Waals surface area contributed by atoms with Gasteiger partial charge in [-0.2, -0.15) is 0 Å². The number of amides is 1. The molecule has 6 nitrogen and oxygen atoms in total. The molecule has 34 heavy (non-hydrogen) atoms. The van der Waals surface area contributed by atoms with Gasteiger partial charge in [0.05, 0.1) is 9.75 Å². The molecular weight excluding hydrogens is 470 g/mol. The Morgan fingerprint density at radius 1 is 0.971 bits per heavy atom. The van der Waals surface area contributed by atoms with Crippen molar-refractivity contribution in [3.05, 3.63) is 44.3 Å². The first-order valence-corrected chi connectivity index (χ1v) is 13.5. The molecule has 8 heteroatoms. The highest BCUT2D eigenvalue weighted by Gasteiger charge is 2.46. The molecule has 0 radical (unpaired) electrons. The molecule has 1 unspecified atom stereocenters. The van der Waals surface area contributed by atoms with Crippen LogP contribution in [0.25, 0.3) is 0 Å². The maximum atomic E-state index is 13.4. The molecule has 188 valence electrons. The molecule has 1 aliphatic rings. The molecule has 1 aliphatic carbocycles. The van der Waals surface area contributed by atoms with Gasteiger partial charge in [0, 0.05) is 18.0 Å². The molecule has 1 amide bonds. The molecular formula is C26H37NO5S2. The average molecular weight is 508 g/mol. The van der Waals surface area contributed by atoms with Crippen LogP contribution in [0.15, 0.2) is 29.6 Å². The zero-order valence-electron chi connectivity index (χ0n) is 21.2. The number of ether oxygens (including phenoxy) is 2. The number of carbonyl (C=O) groups is 2. The van der Waals surface area contributed by atoms with Crippen molar-refractivity contribution in [2.24, 2.45) is 0 Å². The Morgan fingerprint density at radius 2 is 1.59 bits per heavy atom. The van der Waals surface area contributed by atoms with Crippen LogP contribution >= 0.6 is 22.7 Å². The summed E-state index contributed by atoms with van der Waals surface area (Å²) in [5.41, 5.74) is -2.45. The topological polar surface area (TPSA) is 76.1 Å². The molecule has 2 aromatic rings. The molecule has 0 aliphatic heterocycles. The average Bonchev–Trinajstić information content (AvgIpc) is 3.44. The fraction of sp³-hybridized carbons (Fsp3) is 0.615. The van der Waals surface area contributed by atoms with Gasteiger partial charge in [-0.25, -0.2) is 9.59 Å². The van der Waals surface area contributed by atoms with E-state index in [1.54, 1.807) is 18.0 Å². The van der Waals surface area contributed by atoms with Crippen LogP contribution in [0.5, 0.6) is 0 Å². The Kier molecular flexibility index (Phi) is 7.85. The van der Waals surface area contributed by atoms with Crippen LogP contribution in [0.1, 0.15) is 81.9 Å². The van der Waals surface area contributed by atoms with Crippen molar-refractivity contribution in [3.63, 3.8) is 0 Å². The van der Waals surface area contributed by atoms with Crippen molar-refractivity contribution in [3.8, 4) is 0 Å². The molecule has 1 saturated carbocycles. The Bertz CT molecular complexity index is 978. The Morgan fingerprint density at radius 3 is 2.09 bits per heavy atom. The van der Waals surface area contributed by atoms with E-state index in [1.165, 1.54) is 22.7 Å². The van der Waals surface area contributed by atoms with E-state index >= 15 is 0 Å². The van der Waals surface area contributed by atoms with Gasteiger partial charge in [-0.3, -0.25) is 0 Å². The lowest BCUT2D eigenvalue weighted by Crippen LogP contribution is -2.44. The van der Waals surface area contributed by atoms with Crippen LogP contribution in [0, 0.1) is 0 Å². The maximum absolute atomic E-state index is 13.4. The first-order chi connectivity index (χ1) is 15.7. The van der Waals surface area contributed by atoms with E-state index in [0.29, 0.717) is 35.4 Å². The highest BCUT2D eigenvalue weighted by atomic mass is 32.1. The summed E-state index contributed by atoms with van der Waals surface area (Å²) in [5.74, 6) is -0.638. The summed E-state index contributed by atoms with van der Waals surface area (Å²) in [4.78, 5) is 29.7. The van der Waals surface area contributed by atoms with E-state index in [2.05, 4.69) is 20.8 Å². The Labute approximate surface area is 210 Å². The predicted octanol–water partition coefficient (Wildman–Crippen LogP) is 6.06. The van der Waals surface area contributed by atoms with Crippen LogP contribution in [0.4, 0.5) is 4.79 Å². The minimum Gasteiger partial charge on any atom is -0.460 e. The number of carbonyl (C=O) groups excluding carboxylic acids is 2. The van der Waals surface area contributed by atoms with Crippen molar-refractivity contribution in [1.29, 1.82) is 0 Å². The first-order valence-electron chi connectivity index (χ1n) is 11.8. The van der Waals surface area contributed by atoms with E-state index in [4.69, 9.17) is 9.47 Å². The summed E-state index contributed by atoms with van der Waals surface area (Å²) in [7, 11) is 1.75. The summed E-state index contributed by atoms with van der Waals surface area (Å²) >= 11 is 2.79. The molecule has 1 N–H and O–H groups in total. The zero-order valence-corrected chi connectivity index (χ0v) is 22.8. The third kappa shape index (κ3) is 6.01. The molecule has 0 spiro atoms. The number of hydrogen-bond donors (Lipinski definition) is 1. The standard InChI is InChI=1S/C26H37NO5S2/c1-24(2,3)19-14-15-21(34-19)26(30,20-9-8-16-33-20)22(28)31-18-12-10-17(11-13-18)27(7)23(29)32-25(4,5)6/h8-9,14-18,30H,10-13H2,1-7H3/t17-,18-,26?. The lowest BCUT2D eigenvalue weighted by Gasteiger charge is -2.36. The third-order valence-electron chi connectivity index (χ3n) is 6.02. The molecule has 0 aromatic carbocycles. The minimum atomic E-state index is -1.83. The summed E-state index contributed by atoms with van der Waals surface area (Å²) in [6, 6.07) is 7.44. The molecule has 1 atom stereocenters. The number of thiophene rings is 2. The summed E-state index contributed by atoms with van der Waals surface area (Å²) in [6.07, 6.45) is 2.02. The summed E-state index contributed by atoms with van der Waals surface area (Å²) in [5, 5.41) is 13.6.